The zero-order valence-corrected chi connectivity index (χ0v) is 12.9. The summed E-state index contributed by atoms with van der Waals surface area (Å²) in [4.78, 5) is 11.9. The van der Waals surface area contributed by atoms with E-state index in [1.807, 2.05) is 6.92 Å². The van der Waals surface area contributed by atoms with Crippen molar-refractivity contribution in [3.05, 3.63) is 28.8 Å². The van der Waals surface area contributed by atoms with Crippen LogP contribution in [0.2, 0.25) is 5.02 Å². The largest absolute Gasteiger partial charge is 0.483 e. The topological polar surface area (TPSA) is 73.6 Å². The van der Waals surface area contributed by atoms with E-state index < -0.39 is 0 Å². The zero-order chi connectivity index (χ0) is 15.1. The SMILES string of the molecule is COCC(C)NC(=O)COc1cc(Cl)ccc1C(N)=S. The minimum Gasteiger partial charge on any atom is -0.483 e. The second-order valence-corrected chi connectivity index (χ2v) is 5.09. The minimum absolute atomic E-state index is 0.0921. The van der Waals surface area contributed by atoms with E-state index in [0.717, 1.165) is 0 Å². The van der Waals surface area contributed by atoms with Crippen LogP contribution in [0.15, 0.2) is 18.2 Å². The lowest BCUT2D eigenvalue weighted by Gasteiger charge is -2.14. The van der Waals surface area contributed by atoms with Crippen LogP contribution in [0.3, 0.4) is 0 Å². The smallest absolute Gasteiger partial charge is 0.258 e. The highest BCUT2D eigenvalue weighted by atomic mass is 35.5. The molecule has 0 aliphatic carbocycles. The van der Waals surface area contributed by atoms with Crippen LogP contribution in [0.25, 0.3) is 0 Å². The second-order valence-electron chi connectivity index (χ2n) is 4.22. The van der Waals surface area contributed by atoms with Gasteiger partial charge in [0, 0.05) is 18.2 Å². The molecule has 1 atom stereocenters. The number of rotatable bonds is 7. The third-order valence-electron chi connectivity index (χ3n) is 2.39. The van der Waals surface area contributed by atoms with Gasteiger partial charge in [-0.2, -0.15) is 0 Å². The summed E-state index contributed by atoms with van der Waals surface area (Å²) in [5.41, 5.74) is 6.13. The van der Waals surface area contributed by atoms with Crippen LogP contribution in [-0.4, -0.2) is 37.3 Å². The van der Waals surface area contributed by atoms with E-state index in [0.29, 0.717) is 22.9 Å². The number of halogens is 1. The fourth-order valence-corrected chi connectivity index (χ4v) is 1.90. The van der Waals surface area contributed by atoms with Crippen molar-refractivity contribution in [2.45, 2.75) is 13.0 Å². The van der Waals surface area contributed by atoms with Crippen LogP contribution in [-0.2, 0) is 9.53 Å². The molecule has 0 bridgehead atoms. The highest BCUT2D eigenvalue weighted by molar-refractivity contribution is 7.80. The van der Waals surface area contributed by atoms with Crippen LogP contribution in [0, 0.1) is 0 Å². The normalized spacial score (nSPS) is 11.8. The lowest BCUT2D eigenvalue weighted by atomic mass is 10.2. The molecular formula is C13H17ClN2O3S. The Kier molecular flexibility index (Phi) is 6.70. The van der Waals surface area contributed by atoms with Crippen LogP contribution >= 0.6 is 23.8 Å². The van der Waals surface area contributed by atoms with Crippen molar-refractivity contribution in [2.75, 3.05) is 20.3 Å². The van der Waals surface area contributed by atoms with Gasteiger partial charge in [-0.05, 0) is 25.1 Å². The van der Waals surface area contributed by atoms with Gasteiger partial charge in [0.25, 0.3) is 5.91 Å². The van der Waals surface area contributed by atoms with Crippen molar-refractivity contribution in [3.63, 3.8) is 0 Å². The van der Waals surface area contributed by atoms with Gasteiger partial charge in [-0.15, -0.1) is 0 Å². The minimum atomic E-state index is -0.261. The summed E-state index contributed by atoms with van der Waals surface area (Å²) in [5, 5.41) is 3.21. The highest BCUT2D eigenvalue weighted by Crippen LogP contribution is 2.23. The van der Waals surface area contributed by atoms with Gasteiger partial charge in [-0.3, -0.25) is 4.79 Å². The van der Waals surface area contributed by atoms with Crippen LogP contribution < -0.4 is 15.8 Å². The molecule has 1 rings (SSSR count). The lowest BCUT2D eigenvalue weighted by molar-refractivity contribution is -0.124. The predicted molar refractivity (Wildman–Crippen MR) is 82.3 cm³/mol. The molecule has 7 heteroatoms. The summed E-state index contributed by atoms with van der Waals surface area (Å²) >= 11 is 10.8. The van der Waals surface area contributed by atoms with Crippen molar-refractivity contribution in [1.82, 2.24) is 5.32 Å². The number of methoxy groups -OCH3 is 1. The number of nitrogens with two attached hydrogens (primary N) is 1. The number of hydrogen-bond donors (Lipinski definition) is 2. The van der Waals surface area contributed by atoms with Crippen molar-refractivity contribution in [2.24, 2.45) is 5.73 Å². The fraction of sp³-hybridized carbons (Fsp3) is 0.385. The van der Waals surface area contributed by atoms with Gasteiger partial charge in [0.1, 0.15) is 10.7 Å². The summed E-state index contributed by atoms with van der Waals surface area (Å²) in [7, 11) is 1.57. The van der Waals surface area contributed by atoms with Crippen molar-refractivity contribution in [1.29, 1.82) is 0 Å². The van der Waals surface area contributed by atoms with Gasteiger partial charge in [0.15, 0.2) is 6.61 Å². The Morgan fingerprint density at radius 1 is 1.55 bits per heavy atom. The van der Waals surface area contributed by atoms with Gasteiger partial charge in [0.05, 0.1) is 12.2 Å². The van der Waals surface area contributed by atoms with E-state index >= 15 is 0 Å². The maximum absolute atomic E-state index is 11.7. The molecule has 1 amide bonds. The second kappa shape index (κ2) is 8.04. The monoisotopic (exact) mass is 316 g/mol. The number of hydrogen-bond acceptors (Lipinski definition) is 4. The van der Waals surface area contributed by atoms with Crippen LogP contribution in [0.4, 0.5) is 0 Å². The van der Waals surface area contributed by atoms with Crippen molar-refractivity contribution >= 4 is 34.7 Å². The Morgan fingerprint density at radius 2 is 2.25 bits per heavy atom. The van der Waals surface area contributed by atoms with Gasteiger partial charge < -0.3 is 20.5 Å². The number of amides is 1. The molecule has 1 aromatic carbocycles. The van der Waals surface area contributed by atoms with E-state index in [4.69, 9.17) is 39.0 Å². The number of carbonyl (C=O) groups is 1. The summed E-state index contributed by atoms with van der Waals surface area (Å²) in [5.74, 6) is 0.128. The summed E-state index contributed by atoms with van der Waals surface area (Å²) in [6.07, 6.45) is 0. The van der Waals surface area contributed by atoms with E-state index in [1.54, 1.807) is 25.3 Å². The molecule has 0 heterocycles. The molecule has 0 saturated carbocycles. The standard InChI is InChI=1S/C13H17ClN2O3S/c1-8(6-18-2)16-12(17)7-19-11-5-9(14)3-4-10(11)13(15)20/h3-5,8H,6-7H2,1-2H3,(H2,15,20)(H,16,17). The van der Waals surface area contributed by atoms with Crippen molar-refractivity contribution in [3.8, 4) is 5.75 Å². The summed E-state index contributed by atoms with van der Waals surface area (Å²) < 4.78 is 10.3. The Balaban J connectivity index is 2.63. The number of carbonyl (C=O) groups excluding carboxylic acids is 1. The average molecular weight is 317 g/mol. The molecule has 1 unspecified atom stereocenters. The molecule has 0 saturated heterocycles. The molecule has 3 N–H and O–H groups in total. The molecule has 0 aliphatic heterocycles. The maximum atomic E-state index is 11.7. The third-order valence-corrected chi connectivity index (χ3v) is 2.85. The first-order valence-corrected chi connectivity index (χ1v) is 6.73. The van der Waals surface area contributed by atoms with Crippen LogP contribution in [0.5, 0.6) is 5.75 Å². The predicted octanol–water partition coefficient (Wildman–Crippen LogP) is 1.50. The van der Waals surface area contributed by atoms with Gasteiger partial charge >= 0.3 is 0 Å². The highest BCUT2D eigenvalue weighted by Gasteiger charge is 2.11. The lowest BCUT2D eigenvalue weighted by Crippen LogP contribution is -2.38. The molecule has 0 spiro atoms. The number of benzene rings is 1. The molecule has 110 valence electrons. The fourth-order valence-electron chi connectivity index (χ4n) is 1.57. The van der Waals surface area contributed by atoms with Gasteiger partial charge in [-0.25, -0.2) is 0 Å². The van der Waals surface area contributed by atoms with Crippen LogP contribution in [0.1, 0.15) is 12.5 Å². The first-order chi connectivity index (χ1) is 9.43. The zero-order valence-electron chi connectivity index (χ0n) is 11.3. The molecule has 0 aromatic heterocycles. The molecular weight excluding hydrogens is 300 g/mol. The average Bonchev–Trinajstić information content (AvgIpc) is 2.36. The molecule has 0 fully saturated rings. The van der Waals surface area contributed by atoms with E-state index in [-0.39, 0.29) is 23.5 Å². The van der Waals surface area contributed by atoms with Gasteiger partial charge in [0.2, 0.25) is 0 Å². The quantitative estimate of drug-likeness (QED) is 0.746. The number of ether oxygens (including phenoxy) is 2. The molecule has 0 radical (unpaired) electrons. The van der Waals surface area contributed by atoms with E-state index in [1.165, 1.54) is 0 Å². The first kappa shape index (κ1) is 16.7. The number of thiocarbonyl (C=S) groups is 1. The summed E-state index contributed by atoms with van der Waals surface area (Å²) in [6, 6.07) is 4.79. The Labute approximate surface area is 128 Å². The molecule has 0 aliphatic rings. The molecule has 5 nitrogen and oxygen atoms in total. The Morgan fingerprint density at radius 3 is 2.85 bits per heavy atom. The van der Waals surface area contributed by atoms with E-state index in [9.17, 15) is 4.79 Å². The van der Waals surface area contributed by atoms with Gasteiger partial charge in [-0.1, -0.05) is 23.8 Å². The molecule has 20 heavy (non-hydrogen) atoms. The van der Waals surface area contributed by atoms with Crippen molar-refractivity contribution < 1.29 is 14.3 Å². The van der Waals surface area contributed by atoms with E-state index in [2.05, 4.69) is 5.32 Å². The summed E-state index contributed by atoms with van der Waals surface area (Å²) in [6.45, 7) is 2.12. The molecule has 1 aromatic rings. The Bertz CT molecular complexity index is 497. The first-order valence-electron chi connectivity index (χ1n) is 5.94. The number of nitrogens with one attached hydrogen (secondary N) is 1. The maximum Gasteiger partial charge on any atom is 0.258 e. The third kappa shape index (κ3) is 5.32. The Hall–Kier alpha value is -1.37.